The third-order valence-electron chi connectivity index (χ3n) is 4.33. The Morgan fingerprint density at radius 2 is 2.10 bits per heavy atom. The maximum atomic E-state index is 3.68. The van der Waals surface area contributed by atoms with Crippen LogP contribution in [0, 0.1) is 13.8 Å². The topological polar surface area (TPSA) is 15.3 Å². The van der Waals surface area contributed by atoms with Gasteiger partial charge in [0.1, 0.15) is 0 Å². The van der Waals surface area contributed by atoms with E-state index in [1.54, 1.807) is 0 Å². The molecule has 1 heterocycles. The minimum absolute atomic E-state index is 0.695. The molecule has 0 aliphatic carbocycles. The molecule has 1 unspecified atom stereocenters. The molecule has 0 aromatic heterocycles. The molecule has 0 radical (unpaired) electrons. The van der Waals surface area contributed by atoms with Gasteiger partial charge in [0.05, 0.1) is 0 Å². The fraction of sp³-hybridized carbons (Fsp3) is 0.667. The van der Waals surface area contributed by atoms with Crippen molar-refractivity contribution < 1.29 is 0 Å². The van der Waals surface area contributed by atoms with Crippen LogP contribution < -0.4 is 5.32 Å². The molecule has 0 bridgehead atoms. The second kappa shape index (κ2) is 7.80. The highest BCUT2D eigenvalue weighted by Crippen LogP contribution is 2.15. The molecule has 0 spiro atoms. The quantitative estimate of drug-likeness (QED) is 0.851. The van der Waals surface area contributed by atoms with Gasteiger partial charge in [0.25, 0.3) is 0 Å². The van der Waals surface area contributed by atoms with E-state index in [4.69, 9.17) is 0 Å². The van der Waals surface area contributed by atoms with Gasteiger partial charge in [0.2, 0.25) is 0 Å². The average molecular weight is 274 g/mol. The molecule has 1 aromatic rings. The Morgan fingerprint density at radius 1 is 1.25 bits per heavy atom. The zero-order valence-corrected chi connectivity index (χ0v) is 13.4. The summed E-state index contributed by atoms with van der Waals surface area (Å²) in [5.74, 6) is 0. The van der Waals surface area contributed by atoms with Crippen molar-refractivity contribution >= 4 is 0 Å². The molecule has 1 fully saturated rings. The second-order valence-corrected chi connectivity index (χ2v) is 6.31. The van der Waals surface area contributed by atoms with Crippen molar-refractivity contribution in [2.24, 2.45) is 0 Å². The van der Waals surface area contributed by atoms with E-state index in [0.717, 1.165) is 6.54 Å². The van der Waals surface area contributed by atoms with Crippen LogP contribution >= 0.6 is 0 Å². The predicted octanol–water partition coefficient (Wildman–Crippen LogP) is 3.66. The molecule has 2 rings (SSSR count). The minimum atomic E-state index is 0.695. The van der Waals surface area contributed by atoms with Gasteiger partial charge in [-0.15, -0.1) is 0 Å². The van der Waals surface area contributed by atoms with Crippen molar-refractivity contribution in [1.29, 1.82) is 0 Å². The van der Waals surface area contributed by atoms with Gasteiger partial charge in [0, 0.05) is 19.1 Å². The highest BCUT2D eigenvalue weighted by Gasteiger charge is 2.16. The Morgan fingerprint density at radius 3 is 2.80 bits per heavy atom. The van der Waals surface area contributed by atoms with Crippen LogP contribution in [0.1, 0.15) is 49.3 Å². The Kier molecular flexibility index (Phi) is 6.06. The van der Waals surface area contributed by atoms with E-state index in [-0.39, 0.29) is 0 Å². The lowest BCUT2D eigenvalue weighted by Crippen LogP contribution is -2.43. The van der Waals surface area contributed by atoms with Gasteiger partial charge >= 0.3 is 0 Å². The number of aryl methyl sites for hydroxylation is 2. The maximum absolute atomic E-state index is 3.68. The Labute approximate surface area is 124 Å². The van der Waals surface area contributed by atoms with Crippen LogP contribution in [-0.4, -0.2) is 30.6 Å². The lowest BCUT2D eigenvalue weighted by atomic mass is 10.0. The molecule has 1 N–H and O–H groups in total. The maximum Gasteiger partial charge on any atom is 0.0237 e. The van der Waals surface area contributed by atoms with E-state index in [2.05, 4.69) is 49.2 Å². The van der Waals surface area contributed by atoms with Crippen LogP contribution in [0.3, 0.4) is 0 Å². The molecule has 1 aromatic carbocycles. The summed E-state index contributed by atoms with van der Waals surface area (Å²) in [6.07, 6.45) is 5.31. The second-order valence-electron chi connectivity index (χ2n) is 6.31. The van der Waals surface area contributed by atoms with Crippen molar-refractivity contribution in [3.63, 3.8) is 0 Å². The standard InChI is InChI=1S/C18H30N2/c1-4-11-20(14-18-7-5-6-10-19-18)13-17-12-15(2)8-9-16(17)3/h8-9,12,18-19H,4-7,10-11,13-14H2,1-3H3. The average Bonchev–Trinajstić information content (AvgIpc) is 2.44. The molecular formula is C18H30N2. The number of piperidine rings is 1. The largest absolute Gasteiger partial charge is 0.313 e. The van der Waals surface area contributed by atoms with E-state index < -0.39 is 0 Å². The van der Waals surface area contributed by atoms with Crippen molar-refractivity contribution in [1.82, 2.24) is 10.2 Å². The van der Waals surface area contributed by atoms with E-state index in [1.807, 2.05) is 0 Å². The fourth-order valence-electron chi connectivity index (χ4n) is 3.15. The number of hydrogen-bond acceptors (Lipinski definition) is 2. The van der Waals surface area contributed by atoms with E-state index >= 15 is 0 Å². The first-order valence-electron chi connectivity index (χ1n) is 8.21. The van der Waals surface area contributed by atoms with Crippen LogP contribution in [-0.2, 0) is 6.54 Å². The zero-order valence-electron chi connectivity index (χ0n) is 13.4. The first kappa shape index (κ1) is 15.5. The summed E-state index contributed by atoms with van der Waals surface area (Å²) in [7, 11) is 0. The Bertz CT molecular complexity index is 408. The van der Waals surface area contributed by atoms with Crippen molar-refractivity contribution in [3.8, 4) is 0 Å². The van der Waals surface area contributed by atoms with Crippen molar-refractivity contribution in [3.05, 3.63) is 34.9 Å². The third-order valence-corrected chi connectivity index (χ3v) is 4.33. The third kappa shape index (κ3) is 4.60. The van der Waals surface area contributed by atoms with Gasteiger partial charge in [-0.1, -0.05) is 37.1 Å². The number of hydrogen-bond donors (Lipinski definition) is 1. The Balaban J connectivity index is 1.98. The van der Waals surface area contributed by atoms with Gasteiger partial charge < -0.3 is 5.32 Å². The molecule has 1 aliphatic heterocycles. The molecule has 20 heavy (non-hydrogen) atoms. The molecule has 2 nitrogen and oxygen atoms in total. The number of benzene rings is 1. The van der Waals surface area contributed by atoms with Crippen LogP contribution in [0.25, 0.3) is 0 Å². The number of nitrogens with zero attached hydrogens (tertiary/aromatic N) is 1. The lowest BCUT2D eigenvalue weighted by molar-refractivity contribution is 0.217. The minimum Gasteiger partial charge on any atom is -0.313 e. The SMILES string of the molecule is CCCN(Cc1cc(C)ccc1C)CC1CCCCN1. The molecule has 0 saturated carbocycles. The van der Waals surface area contributed by atoms with Gasteiger partial charge in [0.15, 0.2) is 0 Å². The van der Waals surface area contributed by atoms with E-state index in [1.165, 1.54) is 62.0 Å². The fourth-order valence-corrected chi connectivity index (χ4v) is 3.15. The Hall–Kier alpha value is -0.860. The summed E-state index contributed by atoms with van der Waals surface area (Å²) in [5.41, 5.74) is 4.29. The molecule has 0 amide bonds. The summed E-state index contributed by atoms with van der Waals surface area (Å²) in [6.45, 7) is 11.4. The summed E-state index contributed by atoms with van der Waals surface area (Å²) in [4.78, 5) is 2.63. The lowest BCUT2D eigenvalue weighted by Gasteiger charge is -2.31. The van der Waals surface area contributed by atoms with Gasteiger partial charge in [-0.3, -0.25) is 4.90 Å². The summed E-state index contributed by atoms with van der Waals surface area (Å²) in [5, 5.41) is 3.68. The van der Waals surface area contributed by atoms with Crippen LogP contribution in [0.4, 0.5) is 0 Å². The molecular weight excluding hydrogens is 244 g/mol. The summed E-state index contributed by atoms with van der Waals surface area (Å²) in [6, 6.07) is 7.52. The molecule has 1 saturated heterocycles. The first-order chi connectivity index (χ1) is 9.69. The van der Waals surface area contributed by atoms with Gasteiger partial charge in [-0.05, 0) is 57.3 Å². The highest BCUT2D eigenvalue weighted by atomic mass is 15.1. The first-order valence-corrected chi connectivity index (χ1v) is 8.21. The molecule has 1 aliphatic rings. The summed E-state index contributed by atoms with van der Waals surface area (Å²) < 4.78 is 0. The monoisotopic (exact) mass is 274 g/mol. The molecule has 1 atom stereocenters. The van der Waals surface area contributed by atoms with E-state index in [0.29, 0.717) is 6.04 Å². The van der Waals surface area contributed by atoms with E-state index in [9.17, 15) is 0 Å². The molecule has 2 heteroatoms. The van der Waals surface area contributed by atoms with Gasteiger partial charge in [-0.25, -0.2) is 0 Å². The normalized spacial score (nSPS) is 19.5. The smallest absolute Gasteiger partial charge is 0.0237 e. The van der Waals surface area contributed by atoms with Crippen molar-refractivity contribution in [2.75, 3.05) is 19.6 Å². The van der Waals surface area contributed by atoms with Crippen LogP contribution in [0.2, 0.25) is 0 Å². The van der Waals surface area contributed by atoms with Gasteiger partial charge in [-0.2, -0.15) is 0 Å². The highest BCUT2D eigenvalue weighted by molar-refractivity contribution is 5.30. The van der Waals surface area contributed by atoms with Crippen molar-refractivity contribution in [2.45, 2.75) is 59.0 Å². The summed E-state index contributed by atoms with van der Waals surface area (Å²) >= 11 is 0. The predicted molar refractivity (Wildman–Crippen MR) is 87.1 cm³/mol. The zero-order chi connectivity index (χ0) is 14.4. The molecule has 112 valence electrons. The van der Waals surface area contributed by atoms with Crippen LogP contribution in [0.15, 0.2) is 18.2 Å². The number of rotatable bonds is 6. The van der Waals surface area contributed by atoms with Crippen LogP contribution in [0.5, 0.6) is 0 Å². The number of nitrogens with one attached hydrogen (secondary N) is 1.